The molecule has 0 saturated carbocycles. The molecule has 1 aliphatic rings. The molecule has 0 aliphatic carbocycles. The van der Waals surface area contributed by atoms with Crippen molar-refractivity contribution in [3.05, 3.63) is 11.5 Å². The lowest BCUT2D eigenvalue weighted by molar-refractivity contribution is 0.111. The number of halogens is 1. The molecule has 0 N–H and O–H groups in total. The summed E-state index contributed by atoms with van der Waals surface area (Å²) in [5.74, 6) is 1.27. The molecule has 1 saturated heterocycles. The van der Waals surface area contributed by atoms with Crippen molar-refractivity contribution in [2.75, 3.05) is 31.3 Å². The van der Waals surface area contributed by atoms with Crippen molar-refractivity contribution in [2.24, 2.45) is 0 Å². The van der Waals surface area contributed by atoms with Crippen LogP contribution in [0.1, 0.15) is 18.4 Å². The van der Waals surface area contributed by atoms with Crippen molar-refractivity contribution in [3.8, 4) is 0 Å². The second-order valence-electron chi connectivity index (χ2n) is 4.61. The van der Waals surface area contributed by atoms with E-state index in [1.807, 2.05) is 11.6 Å². The topological polar surface area (TPSA) is 48.1 Å². The monoisotopic (exact) mass is 283 g/mol. The average molecular weight is 284 g/mol. The van der Waals surface area contributed by atoms with Gasteiger partial charge in [0.05, 0.1) is 37.9 Å². The smallest absolute Gasteiger partial charge is 0.178 e. The molecule has 104 valence electrons. The first-order chi connectivity index (χ1) is 9.26. The number of hydrogen-bond donors (Lipinski definition) is 0. The van der Waals surface area contributed by atoms with E-state index in [2.05, 4.69) is 26.7 Å². The summed E-state index contributed by atoms with van der Waals surface area (Å²) in [6.07, 6.45) is 0. The van der Waals surface area contributed by atoms with E-state index in [-0.39, 0.29) is 0 Å². The Hall–Kier alpha value is -1.27. The summed E-state index contributed by atoms with van der Waals surface area (Å²) in [4.78, 5) is 4.64. The fourth-order valence-electron chi connectivity index (χ4n) is 2.56. The number of imidazole rings is 1. The Labute approximate surface area is 116 Å². The van der Waals surface area contributed by atoms with Gasteiger partial charge in [-0.05, 0) is 13.8 Å². The quantitative estimate of drug-likeness (QED) is 0.796. The van der Waals surface area contributed by atoms with E-state index in [0.29, 0.717) is 5.88 Å². The van der Waals surface area contributed by atoms with Crippen molar-refractivity contribution >= 4 is 22.8 Å². The molecule has 3 rings (SSSR count). The Kier molecular flexibility index (Phi) is 3.36. The normalized spacial score (nSPS) is 16.5. The summed E-state index contributed by atoms with van der Waals surface area (Å²) >= 11 is 6.06. The minimum atomic E-state index is 0.398. The number of ether oxygens (including phenoxy) is 1. The highest BCUT2D eigenvalue weighted by atomic mass is 35.5. The van der Waals surface area contributed by atoms with Gasteiger partial charge in [-0.15, -0.1) is 11.6 Å². The molecular formula is C12H18ClN5O. The molecule has 2 aromatic heterocycles. The maximum absolute atomic E-state index is 6.06. The largest absolute Gasteiger partial charge is 0.378 e. The molecule has 0 amide bonds. The number of alkyl halides is 1. The van der Waals surface area contributed by atoms with Crippen LogP contribution in [-0.2, 0) is 17.2 Å². The minimum absolute atomic E-state index is 0.398. The van der Waals surface area contributed by atoms with E-state index in [1.54, 1.807) is 0 Å². The molecule has 2 aromatic rings. The van der Waals surface area contributed by atoms with Crippen LogP contribution in [0.5, 0.6) is 0 Å². The third kappa shape index (κ3) is 1.99. The van der Waals surface area contributed by atoms with Gasteiger partial charge in [0.1, 0.15) is 11.3 Å². The standard InChI is InChI=1S/C12H18ClN5O/c1-3-17-12-11(9(2)15-17)14-10(8-13)18(12)16-4-6-19-7-5-16/h3-8H2,1-2H3. The van der Waals surface area contributed by atoms with Crippen LogP contribution in [0.2, 0.25) is 0 Å². The predicted molar refractivity (Wildman–Crippen MR) is 74.3 cm³/mol. The second-order valence-corrected chi connectivity index (χ2v) is 4.88. The van der Waals surface area contributed by atoms with Gasteiger partial charge < -0.3 is 9.75 Å². The van der Waals surface area contributed by atoms with Crippen LogP contribution in [0.4, 0.5) is 0 Å². The Balaban J connectivity index is 2.18. The molecule has 0 unspecified atom stereocenters. The van der Waals surface area contributed by atoms with Gasteiger partial charge in [0, 0.05) is 6.54 Å². The van der Waals surface area contributed by atoms with Crippen molar-refractivity contribution in [1.82, 2.24) is 19.4 Å². The van der Waals surface area contributed by atoms with Gasteiger partial charge in [-0.3, -0.25) is 0 Å². The molecule has 1 fully saturated rings. The summed E-state index contributed by atoms with van der Waals surface area (Å²) in [5, 5.41) is 6.77. The fourth-order valence-corrected chi connectivity index (χ4v) is 2.73. The Morgan fingerprint density at radius 1 is 1.32 bits per heavy atom. The van der Waals surface area contributed by atoms with Gasteiger partial charge in [0.25, 0.3) is 0 Å². The summed E-state index contributed by atoms with van der Waals surface area (Å²) in [7, 11) is 0. The van der Waals surface area contributed by atoms with Gasteiger partial charge in [-0.1, -0.05) is 0 Å². The summed E-state index contributed by atoms with van der Waals surface area (Å²) in [6, 6.07) is 0. The molecule has 0 radical (unpaired) electrons. The highest BCUT2D eigenvalue weighted by Gasteiger charge is 2.22. The third-order valence-electron chi connectivity index (χ3n) is 3.45. The number of hydrogen-bond acceptors (Lipinski definition) is 4. The van der Waals surface area contributed by atoms with Crippen molar-refractivity contribution < 1.29 is 4.74 Å². The van der Waals surface area contributed by atoms with Crippen LogP contribution in [0.15, 0.2) is 0 Å². The lowest BCUT2D eigenvalue weighted by Crippen LogP contribution is -2.45. The van der Waals surface area contributed by atoms with Crippen LogP contribution in [-0.4, -0.2) is 45.7 Å². The zero-order valence-electron chi connectivity index (χ0n) is 11.3. The maximum Gasteiger partial charge on any atom is 0.178 e. The van der Waals surface area contributed by atoms with Crippen LogP contribution in [0, 0.1) is 6.92 Å². The van der Waals surface area contributed by atoms with Crippen molar-refractivity contribution in [1.29, 1.82) is 0 Å². The van der Waals surface area contributed by atoms with Crippen LogP contribution in [0.25, 0.3) is 11.2 Å². The predicted octanol–water partition coefficient (Wildman–Crippen LogP) is 1.27. The number of rotatable bonds is 3. The van der Waals surface area contributed by atoms with Crippen molar-refractivity contribution in [3.63, 3.8) is 0 Å². The fraction of sp³-hybridized carbons (Fsp3) is 0.667. The van der Waals surface area contributed by atoms with E-state index < -0.39 is 0 Å². The van der Waals surface area contributed by atoms with Gasteiger partial charge >= 0.3 is 0 Å². The second kappa shape index (κ2) is 5.02. The summed E-state index contributed by atoms with van der Waals surface area (Å²) < 4.78 is 9.52. The van der Waals surface area contributed by atoms with E-state index in [0.717, 1.165) is 55.5 Å². The van der Waals surface area contributed by atoms with Gasteiger partial charge in [0.2, 0.25) is 0 Å². The lowest BCUT2D eigenvalue weighted by Gasteiger charge is -2.31. The van der Waals surface area contributed by atoms with Gasteiger partial charge in [0.15, 0.2) is 5.65 Å². The van der Waals surface area contributed by atoms with E-state index in [9.17, 15) is 0 Å². The van der Waals surface area contributed by atoms with Gasteiger partial charge in [-0.25, -0.2) is 14.3 Å². The van der Waals surface area contributed by atoms with Crippen LogP contribution < -0.4 is 5.01 Å². The Morgan fingerprint density at radius 2 is 2.05 bits per heavy atom. The highest BCUT2D eigenvalue weighted by molar-refractivity contribution is 6.16. The first-order valence-corrected chi connectivity index (χ1v) is 7.13. The Bertz CT molecular complexity index is 584. The molecule has 3 heterocycles. The molecule has 0 atom stereocenters. The van der Waals surface area contributed by atoms with Gasteiger partial charge in [-0.2, -0.15) is 5.10 Å². The number of morpholine rings is 1. The molecule has 0 aromatic carbocycles. The van der Waals surface area contributed by atoms with E-state index in [1.165, 1.54) is 0 Å². The summed E-state index contributed by atoms with van der Waals surface area (Å²) in [5.41, 5.74) is 2.94. The van der Waals surface area contributed by atoms with Crippen LogP contribution in [0.3, 0.4) is 0 Å². The number of aromatic nitrogens is 4. The first kappa shape index (κ1) is 12.7. The zero-order chi connectivity index (χ0) is 13.4. The van der Waals surface area contributed by atoms with Crippen LogP contribution >= 0.6 is 11.6 Å². The molecular weight excluding hydrogens is 266 g/mol. The number of aryl methyl sites for hydroxylation is 2. The summed E-state index contributed by atoms with van der Waals surface area (Å²) in [6.45, 7) is 8.07. The zero-order valence-corrected chi connectivity index (χ0v) is 12.0. The molecule has 0 bridgehead atoms. The highest BCUT2D eigenvalue weighted by Crippen LogP contribution is 2.21. The average Bonchev–Trinajstić information content (AvgIpc) is 2.97. The van der Waals surface area contributed by atoms with E-state index >= 15 is 0 Å². The SMILES string of the molecule is CCn1nc(C)c2nc(CCl)n(N3CCOCC3)c21. The number of nitrogens with zero attached hydrogens (tertiary/aromatic N) is 5. The molecule has 0 spiro atoms. The first-order valence-electron chi connectivity index (χ1n) is 6.60. The maximum atomic E-state index is 6.06. The number of fused-ring (bicyclic) bond motifs is 1. The minimum Gasteiger partial charge on any atom is -0.378 e. The molecule has 6 nitrogen and oxygen atoms in total. The molecule has 7 heteroatoms. The third-order valence-corrected chi connectivity index (χ3v) is 3.68. The molecule has 19 heavy (non-hydrogen) atoms. The van der Waals surface area contributed by atoms with E-state index in [4.69, 9.17) is 16.3 Å². The molecule has 1 aliphatic heterocycles. The van der Waals surface area contributed by atoms with Crippen molar-refractivity contribution in [2.45, 2.75) is 26.3 Å². The lowest BCUT2D eigenvalue weighted by atomic mass is 10.4. The Morgan fingerprint density at radius 3 is 2.68 bits per heavy atom.